The van der Waals surface area contributed by atoms with Crippen molar-refractivity contribution < 1.29 is 19.4 Å². The number of hydrogen-bond donors (Lipinski definition) is 2. The number of nitrogens with one attached hydrogen (secondary N) is 1. The molecule has 0 aliphatic heterocycles. The van der Waals surface area contributed by atoms with Gasteiger partial charge >= 0.3 is 0 Å². The van der Waals surface area contributed by atoms with Gasteiger partial charge in [0.25, 0.3) is 5.91 Å². The minimum absolute atomic E-state index is 0.146. The Labute approximate surface area is 126 Å². The molecule has 0 aliphatic rings. The smallest absolute Gasteiger partial charge is 0.251 e. The quantitative estimate of drug-likeness (QED) is 0.733. The Bertz CT molecular complexity index is 420. The largest absolute Gasteiger partial charge is 0.497 e. The van der Waals surface area contributed by atoms with Gasteiger partial charge in [-0.15, -0.1) is 0 Å². The highest BCUT2D eigenvalue weighted by atomic mass is 16.5. The molecule has 0 spiro atoms. The molecule has 1 aromatic carbocycles. The van der Waals surface area contributed by atoms with Crippen molar-refractivity contribution in [2.75, 3.05) is 27.4 Å². The number of carbonyl (C=O) groups excluding carboxylic acids is 1. The Kier molecular flexibility index (Phi) is 7.61. The van der Waals surface area contributed by atoms with Gasteiger partial charge in [-0.1, -0.05) is 13.3 Å². The summed E-state index contributed by atoms with van der Waals surface area (Å²) in [5.41, 5.74) is 0.505. The third-order valence-electron chi connectivity index (χ3n) is 3.40. The zero-order valence-corrected chi connectivity index (χ0v) is 13.0. The van der Waals surface area contributed by atoms with E-state index in [0.29, 0.717) is 35.9 Å². The Morgan fingerprint density at radius 3 is 2.29 bits per heavy atom. The fourth-order valence-electron chi connectivity index (χ4n) is 2.22. The van der Waals surface area contributed by atoms with Crippen LogP contribution in [-0.2, 0) is 0 Å². The maximum absolute atomic E-state index is 12.2. The number of amides is 1. The van der Waals surface area contributed by atoms with E-state index in [0.717, 1.165) is 12.8 Å². The van der Waals surface area contributed by atoms with Gasteiger partial charge in [0.15, 0.2) is 0 Å². The molecule has 1 unspecified atom stereocenters. The Morgan fingerprint density at radius 1 is 1.19 bits per heavy atom. The second-order valence-corrected chi connectivity index (χ2v) is 4.98. The molecular weight excluding hydrogens is 270 g/mol. The van der Waals surface area contributed by atoms with E-state index >= 15 is 0 Å². The molecule has 1 rings (SSSR count). The third kappa shape index (κ3) is 5.63. The van der Waals surface area contributed by atoms with E-state index in [1.807, 2.05) is 0 Å². The fraction of sp³-hybridized carbons (Fsp3) is 0.562. The number of hydrogen-bond acceptors (Lipinski definition) is 4. The van der Waals surface area contributed by atoms with Crippen LogP contribution in [-0.4, -0.2) is 38.4 Å². The molecule has 2 N–H and O–H groups in total. The maximum Gasteiger partial charge on any atom is 0.251 e. The lowest BCUT2D eigenvalue weighted by atomic mass is 10.00. The number of aliphatic hydroxyl groups is 1. The highest BCUT2D eigenvalue weighted by Crippen LogP contribution is 2.22. The molecule has 5 heteroatoms. The average Bonchev–Trinajstić information content (AvgIpc) is 2.52. The summed E-state index contributed by atoms with van der Waals surface area (Å²) in [6, 6.07) is 5.08. The zero-order chi connectivity index (χ0) is 15.7. The SMILES string of the molecule is CCCC(CCO)CNC(=O)c1cc(OC)cc(OC)c1. The molecule has 0 aliphatic carbocycles. The molecule has 1 atom stereocenters. The molecule has 21 heavy (non-hydrogen) atoms. The molecule has 0 aromatic heterocycles. The van der Waals surface area contributed by atoms with Crippen LogP contribution in [0.2, 0.25) is 0 Å². The molecule has 118 valence electrons. The molecule has 0 bridgehead atoms. The number of rotatable bonds is 9. The van der Waals surface area contributed by atoms with Crippen molar-refractivity contribution in [2.24, 2.45) is 5.92 Å². The molecule has 0 heterocycles. The summed E-state index contributed by atoms with van der Waals surface area (Å²) in [6.07, 6.45) is 2.73. The monoisotopic (exact) mass is 295 g/mol. The van der Waals surface area contributed by atoms with Crippen molar-refractivity contribution in [2.45, 2.75) is 26.2 Å². The summed E-state index contributed by atoms with van der Waals surface area (Å²) in [6.45, 7) is 2.80. The van der Waals surface area contributed by atoms with Crippen LogP contribution in [0, 0.1) is 5.92 Å². The Hall–Kier alpha value is -1.75. The topological polar surface area (TPSA) is 67.8 Å². The van der Waals surface area contributed by atoms with E-state index in [-0.39, 0.29) is 12.5 Å². The van der Waals surface area contributed by atoms with Crippen molar-refractivity contribution in [3.63, 3.8) is 0 Å². The highest BCUT2D eigenvalue weighted by molar-refractivity contribution is 5.95. The number of carbonyl (C=O) groups is 1. The van der Waals surface area contributed by atoms with Gasteiger partial charge in [-0.05, 0) is 30.9 Å². The van der Waals surface area contributed by atoms with E-state index in [2.05, 4.69) is 12.2 Å². The average molecular weight is 295 g/mol. The van der Waals surface area contributed by atoms with Crippen molar-refractivity contribution in [1.82, 2.24) is 5.32 Å². The maximum atomic E-state index is 12.2. The predicted octanol–water partition coefficient (Wildman–Crippen LogP) is 2.23. The van der Waals surface area contributed by atoms with Crippen LogP contribution < -0.4 is 14.8 Å². The molecule has 1 aromatic rings. The van der Waals surface area contributed by atoms with Gasteiger partial charge in [0, 0.05) is 24.8 Å². The second-order valence-electron chi connectivity index (χ2n) is 4.98. The van der Waals surface area contributed by atoms with E-state index in [4.69, 9.17) is 14.6 Å². The van der Waals surface area contributed by atoms with E-state index in [1.54, 1.807) is 32.4 Å². The predicted molar refractivity (Wildman–Crippen MR) is 82.0 cm³/mol. The third-order valence-corrected chi connectivity index (χ3v) is 3.40. The minimum atomic E-state index is -0.161. The van der Waals surface area contributed by atoms with Crippen molar-refractivity contribution >= 4 is 5.91 Å². The first-order valence-electron chi connectivity index (χ1n) is 7.26. The minimum Gasteiger partial charge on any atom is -0.497 e. The molecule has 0 radical (unpaired) electrons. The summed E-state index contributed by atoms with van der Waals surface area (Å²) in [7, 11) is 3.10. The van der Waals surface area contributed by atoms with Crippen LogP contribution >= 0.6 is 0 Å². The van der Waals surface area contributed by atoms with Gasteiger partial charge in [-0.2, -0.15) is 0 Å². The van der Waals surface area contributed by atoms with Crippen LogP contribution in [0.1, 0.15) is 36.5 Å². The first-order chi connectivity index (χ1) is 10.1. The van der Waals surface area contributed by atoms with Crippen LogP contribution in [0.15, 0.2) is 18.2 Å². The number of methoxy groups -OCH3 is 2. The lowest BCUT2D eigenvalue weighted by Gasteiger charge is -2.16. The van der Waals surface area contributed by atoms with Crippen LogP contribution in [0.25, 0.3) is 0 Å². The van der Waals surface area contributed by atoms with Gasteiger partial charge < -0.3 is 19.9 Å². The molecule has 0 saturated heterocycles. The first-order valence-corrected chi connectivity index (χ1v) is 7.26. The van der Waals surface area contributed by atoms with Crippen LogP contribution in [0.3, 0.4) is 0 Å². The Morgan fingerprint density at radius 2 is 1.81 bits per heavy atom. The summed E-state index contributed by atoms with van der Waals surface area (Å²) in [5.74, 6) is 1.31. The van der Waals surface area contributed by atoms with Gasteiger partial charge in [-0.25, -0.2) is 0 Å². The van der Waals surface area contributed by atoms with Gasteiger partial charge in [0.1, 0.15) is 11.5 Å². The number of benzene rings is 1. The zero-order valence-electron chi connectivity index (χ0n) is 13.0. The standard InChI is InChI=1S/C16H25NO4/c1-4-5-12(6-7-18)11-17-16(19)13-8-14(20-2)10-15(9-13)21-3/h8-10,12,18H,4-7,11H2,1-3H3,(H,17,19). The highest BCUT2D eigenvalue weighted by Gasteiger charge is 2.12. The fourth-order valence-corrected chi connectivity index (χ4v) is 2.22. The summed E-state index contributed by atoms with van der Waals surface area (Å²) in [4.78, 5) is 12.2. The summed E-state index contributed by atoms with van der Waals surface area (Å²) in [5, 5.41) is 11.9. The Balaban J connectivity index is 2.70. The molecule has 0 fully saturated rings. The van der Waals surface area contributed by atoms with E-state index in [1.165, 1.54) is 0 Å². The van der Waals surface area contributed by atoms with Crippen LogP contribution in [0.5, 0.6) is 11.5 Å². The van der Waals surface area contributed by atoms with E-state index < -0.39 is 0 Å². The summed E-state index contributed by atoms with van der Waals surface area (Å²) >= 11 is 0. The molecule has 1 amide bonds. The van der Waals surface area contributed by atoms with Crippen molar-refractivity contribution in [3.8, 4) is 11.5 Å². The van der Waals surface area contributed by atoms with Crippen LogP contribution in [0.4, 0.5) is 0 Å². The number of ether oxygens (including phenoxy) is 2. The number of aliphatic hydroxyl groups excluding tert-OH is 1. The van der Waals surface area contributed by atoms with Crippen molar-refractivity contribution in [3.05, 3.63) is 23.8 Å². The van der Waals surface area contributed by atoms with Gasteiger partial charge in [0.2, 0.25) is 0 Å². The van der Waals surface area contributed by atoms with E-state index in [9.17, 15) is 4.79 Å². The lowest BCUT2D eigenvalue weighted by molar-refractivity contribution is 0.0942. The van der Waals surface area contributed by atoms with Gasteiger partial charge in [0.05, 0.1) is 14.2 Å². The normalized spacial score (nSPS) is 11.8. The van der Waals surface area contributed by atoms with Gasteiger partial charge in [-0.3, -0.25) is 4.79 Å². The lowest BCUT2D eigenvalue weighted by Crippen LogP contribution is -2.29. The molecular formula is C16H25NO4. The molecule has 0 saturated carbocycles. The van der Waals surface area contributed by atoms with Crippen molar-refractivity contribution in [1.29, 1.82) is 0 Å². The summed E-state index contributed by atoms with van der Waals surface area (Å²) < 4.78 is 10.3. The molecule has 5 nitrogen and oxygen atoms in total. The second kappa shape index (κ2) is 9.23. The first kappa shape index (κ1) is 17.3.